The number of rotatable bonds is 4. The summed E-state index contributed by atoms with van der Waals surface area (Å²) in [5, 5.41) is 3.05. The molecule has 0 aromatic rings. The summed E-state index contributed by atoms with van der Waals surface area (Å²) in [5.74, 6) is 0.240. The Morgan fingerprint density at radius 2 is 2.38 bits per heavy atom. The first-order valence-electron chi connectivity index (χ1n) is 4.96. The third kappa shape index (κ3) is 2.19. The van der Waals surface area contributed by atoms with Crippen molar-refractivity contribution in [3.63, 3.8) is 0 Å². The Hall–Kier alpha value is -0.610. The van der Waals surface area contributed by atoms with E-state index in [1.165, 1.54) is 12.8 Å². The summed E-state index contributed by atoms with van der Waals surface area (Å²) in [5.41, 5.74) is 0. The predicted octanol–water partition coefficient (Wildman–Crippen LogP) is -0.530. The van der Waals surface area contributed by atoms with Crippen molar-refractivity contribution < 1.29 is 4.79 Å². The van der Waals surface area contributed by atoms with E-state index in [4.69, 9.17) is 0 Å². The lowest BCUT2D eigenvalue weighted by molar-refractivity contribution is -0.126. The topological polar surface area (TPSA) is 35.6 Å². The molecule has 2 aliphatic rings. The molecule has 0 aromatic carbocycles. The van der Waals surface area contributed by atoms with Gasteiger partial charge in [0, 0.05) is 19.1 Å². The molecule has 1 aliphatic heterocycles. The van der Waals surface area contributed by atoms with Crippen molar-refractivity contribution in [3.05, 3.63) is 0 Å². The zero-order chi connectivity index (χ0) is 9.26. The molecule has 0 spiro atoms. The van der Waals surface area contributed by atoms with Gasteiger partial charge in [-0.1, -0.05) is 0 Å². The molecule has 4 heteroatoms. The summed E-state index contributed by atoms with van der Waals surface area (Å²) in [4.78, 5) is 15.5. The fourth-order valence-corrected chi connectivity index (χ4v) is 1.68. The van der Waals surface area contributed by atoms with Gasteiger partial charge in [-0.25, -0.2) is 0 Å². The largest absolute Gasteiger partial charge is 0.328 e. The third-order valence-electron chi connectivity index (χ3n) is 2.82. The van der Waals surface area contributed by atoms with Crippen LogP contribution in [0.25, 0.3) is 0 Å². The summed E-state index contributed by atoms with van der Waals surface area (Å²) in [6, 6.07) is 0.797. The Kier molecular flexibility index (Phi) is 2.51. The minimum Gasteiger partial charge on any atom is -0.328 e. The fraction of sp³-hybridized carbons (Fsp3) is 0.889. The van der Waals surface area contributed by atoms with E-state index in [0.717, 1.165) is 25.8 Å². The first-order valence-corrected chi connectivity index (χ1v) is 4.96. The molecule has 1 amide bonds. The van der Waals surface area contributed by atoms with Gasteiger partial charge in [-0.05, 0) is 19.9 Å². The molecule has 0 radical (unpaired) electrons. The van der Waals surface area contributed by atoms with E-state index in [1.54, 1.807) is 0 Å². The molecule has 13 heavy (non-hydrogen) atoms. The molecule has 1 N–H and O–H groups in total. The van der Waals surface area contributed by atoms with Crippen molar-refractivity contribution in [3.8, 4) is 0 Å². The Labute approximate surface area is 78.9 Å². The maximum Gasteiger partial charge on any atom is 0.237 e. The lowest BCUT2D eigenvalue weighted by atomic mass is 10.4. The van der Waals surface area contributed by atoms with Gasteiger partial charge in [-0.2, -0.15) is 0 Å². The van der Waals surface area contributed by atoms with Crippen LogP contribution in [0.5, 0.6) is 0 Å². The summed E-state index contributed by atoms with van der Waals surface area (Å²) in [7, 11) is 2.14. The van der Waals surface area contributed by atoms with E-state index >= 15 is 0 Å². The Balaban J connectivity index is 1.68. The molecule has 0 aromatic heterocycles. The van der Waals surface area contributed by atoms with Crippen LogP contribution in [-0.4, -0.2) is 55.1 Å². The molecule has 2 rings (SSSR count). The molecule has 2 fully saturated rings. The Morgan fingerprint density at radius 1 is 1.62 bits per heavy atom. The molecule has 4 nitrogen and oxygen atoms in total. The number of nitrogens with zero attached hydrogens (tertiary/aromatic N) is 2. The first kappa shape index (κ1) is 8.97. The maximum atomic E-state index is 11.2. The number of amides is 1. The second-order valence-corrected chi connectivity index (χ2v) is 3.95. The SMILES string of the molecule is CN(CCN1CNCC1=O)C1CC1. The Bertz CT molecular complexity index is 203. The highest BCUT2D eigenvalue weighted by atomic mass is 16.2. The van der Waals surface area contributed by atoms with Crippen LogP contribution in [-0.2, 0) is 4.79 Å². The van der Waals surface area contributed by atoms with E-state index in [0.29, 0.717) is 6.54 Å². The zero-order valence-electron chi connectivity index (χ0n) is 8.12. The smallest absolute Gasteiger partial charge is 0.237 e. The van der Waals surface area contributed by atoms with Crippen LogP contribution < -0.4 is 5.32 Å². The summed E-state index contributed by atoms with van der Waals surface area (Å²) >= 11 is 0. The van der Waals surface area contributed by atoms with Crippen LogP contribution in [0, 0.1) is 0 Å². The van der Waals surface area contributed by atoms with Gasteiger partial charge >= 0.3 is 0 Å². The van der Waals surface area contributed by atoms with Gasteiger partial charge < -0.3 is 9.80 Å². The van der Waals surface area contributed by atoms with Gasteiger partial charge in [-0.3, -0.25) is 10.1 Å². The molecule has 0 unspecified atom stereocenters. The van der Waals surface area contributed by atoms with E-state index in [-0.39, 0.29) is 5.91 Å². The number of hydrogen-bond acceptors (Lipinski definition) is 3. The van der Waals surface area contributed by atoms with Gasteiger partial charge in [0.25, 0.3) is 0 Å². The van der Waals surface area contributed by atoms with E-state index < -0.39 is 0 Å². The predicted molar refractivity (Wildman–Crippen MR) is 50.2 cm³/mol. The van der Waals surface area contributed by atoms with Crippen molar-refractivity contribution in [1.29, 1.82) is 0 Å². The van der Waals surface area contributed by atoms with Gasteiger partial charge in [0.05, 0.1) is 13.2 Å². The van der Waals surface area contributed by atoms with E-state index in [2.05, 4.69) is 17.3 Å². The molecule has 1 aliphatic carbocycles. The number of carbonyl (C=O) groups is 1. The highest BCUT2D eigenvalue weighted by Crippen LogP contribution is 2.24. The zero-order valence-corrected chi connectivity index (χ0v) is 8.12. The molecular weight excluding hydrogens is 166 g/mol. The second kappa shape index (κ2) is 3.64. The molecule has 1 saturated carbocycles. The van der Waals surface area contributed by atoms with Crippen LogP contribution in [0.3, 0.4) is 0 Å². The molecule has 1 heterocycles. The molecule has 0 atom stereocenters. The second-order valence-electron chi connectivity index (χ2n) is 3.95. The normalized spacial score (nSPS) is 23.2. The minimum absolute atomic E-state index is 0.240. The molecule has 1 saturated heterocycles. The van der Waals surface area contributed by atoms with Crippen molar-refractivity contribution in [2.75, 3.05) is 33.4 Å². The average Bonchev–Trinajstić information content (AvgIpc) is 2.88. The average molecular weight is 183 g/mol. The van der Waals surface area contributed by atoms with E-state index in [9.17, 15) is 4.79 Å². The monoisotopic (exact) mass is 183 g/mol. The van der Waals surface area contributed by atoms with Crippen LogP contribution in [0.4, 0.5) is 0 Å². The lowest BCUT2D eigenvalue weighted by Gasteiger charge is -2.20. The minimum atomic E-state index is 0.240. The van der Waals surface area contributed by atoms with Crippen LogP contribution in [0.1, 0.15) is 12.8 Å². The van der Waals surface area contributed by atoms with Gasteiger partial charge in [0.15, 0.2) is 0 Å². The third-order valence-corrected chi connectivity index (χ3v) is 2.82. The molecular formula is C9H17N3O. The van der Waals surface area contributed by atoms with Gasteiger partial charge in [0.2, 0.25) is 5.91 Å². The van der Waals surface area contributed by atoms with E-state index in [1.807, 2.05) is 4.90 Å². The molecule has 74 valence electrons. The van der Waals surface area contributed by atoms with Crippen molar-refractivity contribution >= 4 is 5.91 Å². The highest BCUT2D eigenvalue weighted by Gasteiger charge is 2.27. The van der Waals surface area contributed by atoms with Crippen LogP contribution in [0.15, 0.2) is 0 Å². The standard InChI is InChI=1S/C9H17N3O/c1-11(8-2-3-8)4-5-12-7-10-6-9(12)13/h8,10H,2-7H2,1H3. The number of hydrogen-bond donors (Lipinski definition) is 1. The van der Waals surface area contributed by atoms with Gasteiger partial charge in [0.1, 0.15) is 0 Å². The quantitative estimate of drug-likeness (QED) is 0.636. The molecule has 0 bridgehead atoms. The van der Waals surface area contributed by atoms with Crippen LogP contribution >= 0.6 is 0 Å². The van der Waals surface area contributed by atoms with Crippen molar-refractivity contribution in [2.45, 2.75) is 18.9 Å². The van der Waals surface area contributed by atoms with Crippen molar-refractivity contribution in [2.24, 2.45) is 0 Å². The van der Waals surface area contributed by atoms with Gasteiger partial charge in [-0.15, -0.1) is 0 Å². The fourth-order valence-electron chi connectivity index (χ4n) is 1.68. The first-order chi connectivity index (χ1) is 6.27. The number of likely N-dealkylation sites (N-methyl/N-ethyl adjacent to an activating group) is 1. The summed E-state index contributed by atoms with van der Waals surface area (Å²) in [6.45, 7) is 3.14. The maximum absolute atomic E-state index is 11.2. The van der Waals surface area contributed by atoms with Crippen LogP contribution in [0.2, 0.25) is 0 Å². The van der Waals surface area contributed by atoms with Crippen molar-refractivity contribution in [1.82, 2.24) is 15.1 Å². The Morgan fingerprint density at radius 3 is 2.92 bits per heavy atom. The number of nitrogens with one attached hydrogen (secondary N) is 1. The summed E-state index contributed by atoms with van der Waals surface area (Å²) in [6.07, 6.45) is 2.67. The summed E-state index contributed by atoms with van der Waals surface area (Å²) < 4.78 is 0. The number of carbonyl (C=O) groups excluding carboxylic acids is 1. The lowest BCUT2D eigenvalue weighted by Crippen LogP contribution is -2.35. The highest BCUT2D eigenvalue weighted by molar-refractivity contribution is 5.79.